The molecule has 0 saturated carbocycles. The largest absolute Gasteiger partial charge is 0.458 e. The van der Waals surface area contributed by atoms with Crippen LogP contribution in [0.5, 0.6) is 0 Å². The van der Waals surface area contributed by atoms with E-state index in [-0.39, 0.29) is 5.30 Å². The van der Waals surface area contributed by atoms with Gasteiger partial charge < -0.3 is 4.74 Å². The van der Waals surface area contributed by atoms with Crippen LogP contribution in [0.3, 0.4) is 0 Å². The monoisotopic (exact) mass is 148 g/mol. The lowest BCUT2D eigenvalue weighted by Crippen LogP contribution is -1.97. The molecule has 0 aliphatic heterocycles. The van der Waals surface area contributed by atoms with Crippen molar-refractivity contribution in [1.29, 1.82) is 0 Å². The zero-order valence-corrected chi connectivity index (χ0v) is 6.66. The third kappa shape index (κ3) is 5.69. The zero-order chi connectivity index (χ0) is 7.11. The van der Waals surface area contributed by atoms with E-state index in [1.165, 1.54) is 11.8 Å². The average molecular weight is 148 g/mol. The molecule has 0 spiro atoms. The highest BCUT2D eigenvalue weighted by molar-refractivity contribution is 8.13. The van der Waals surface area contributed by atoms with Gasteiger partial charge in [-0.05, 0) is 18.2 Å². The Labute approximate surface area is 60.0 Å². The van der Waals surface area contributed by atoms with Gasteiger partial charge in [0.25, 0.3) is 0 Å². The highest BCUT2D eigenvalue weighted by Crippen LogP contribution is 2.03. The molecule has 0 unspecified atom stereocenters. The Hall–Kier alpha value is -0.180. The van der Waals surface area contributed by atoms with Gasteiger partial charge in [-0.25, -0.2) is 4.79 Å². The minimum absolute atomic E-state index is 0.153. The van der Waals surface area contributed by atoms with Crippen molar-refractivity contribution >= 4 is 17.1 Å². The van der Waals surface area contributed by atoms with Crippen molar-refractivity contribution in [1.82, 2.24) is 0 Å². The summed E-state index contributed by atoms with van der Waals surface area (Å²) in [4.78, 5) is 10.5. The summed E-state index contributed by atoms with van der Waals surface area (Å²) in [5.74, 6) is 0.794. The standard InChI is InChI=1S/C6H12O2S/c1-3-5-8-6(7)9-4-2/h3-5H2,1-2H3. The second-order valence-electron chi connectivity index (χ2n) is 1.53. The van der Waals surface area contributed by atoms with Crippen LogP contribution in [0.4, 0.5) is 4.79 Å². The molecule has 54 valence electrons. The molecule has 3 heteroatoms. The maximum atomic E-state index is 10.5. The molecule has 0 aliphatic carbocycles. The molecule has 2 nitrogen and oxygen atoms in total. The first-order valence-electron chi connectivity index (χ1n) is 3.10. The number of ether oxygens (including phenoxy) is 1. The molecule has 0 radical (unpaired) electrons. The Morgan fingerprint density at radius 3 is 2.67 bits per heavy atom. The van der Waals surface area contributed by atoms with E-state index < -0.39 is 0 Å². The van der Waals surface area contributed by atoms with Gasteiger partial charge in [-0.3, -0.25) is 0 Å². The van der Waals surface area contributed by atoms with Crippen molar-refractivity contribution in [2.24, 2.45) is 0 Å². The van der Waals surface area contributed by atoms with Crippen LogP contribution in [0.2, 0.25) is 0 Å². The predicted molar refractivity (Wildman–Crippen MR) is 39.8 cm³/mol. The van der Waals surface area contributed by atoms with E-state index >= 15 is 0 Å². The average Bonchev–Trinajstić information content (AvgIpc) is 1.85. The fraction of sp³-hybridized carbons (Fsp3) is 0.833. The molecular weight excluding hydrogens is 136 g/mol. The zero-order valence-electron chi connectivity index (χ0n) is 5.85. The fourth-order valence-corrected chi connectivity index (χ4v) is 0.747. The molecular formula is C6H12O2S. The molecule has 0 amide bonds. The summed E-state index contributed by atoms with van der Waals surface area (Å²) >= 11 is 1.21. The maximum absolute atomic E-state index is 10.5. The molecule has 0 saturated heterocycles. The highest BCUT2D eigenvalue weighted by Gasteiger charge is 1.97. The van der Waals surface area contributed by atoms with E-state index in [0.29, 0.717) is 6.61 Å². The van der Waals surface area contributed by atoms with Gasteiger partial charge in [0.2, 0.25) is 0 Å². The molecule has 9 heavy (non-hydrogen) atoms. The van der Waals surface area contributed by atoms with E-state index in [1.54, 1.807) is 0 Å². The molecule has 0 aromatic heterocycles. The van der Waals surface area contributed by atoms with Gasteiger partial charge in [0.1, 0.15) is 0 Å². The predicted octanol–water partition coefficient (Wildman–Crippen LogP) is 2.29. The van der Waals surface area contributed by atoms with Crippen molar-refractivity contribution < 1.29 is 9.53 Å². The third-order valence-electron chi connectivity index (χ3n) is 0.686. The number of hydrogen-bond donors (Lipinski definition) is 0. The summed E-state index contributed by atoms with van der Waals surface area (Å²) in [7, 11) is 0. The summed E-state index contributed by atoms with van der Waals surface area (Å²) in [6.07, 6.45) is 0.899. The van der Waals surface area contributed by atoms with E-state index in [2.05, 4.69) is 0 Å². The lowest BCUT2D eigenvalue weighted by Gasteiger charge is -1.98. The molecule has 0 fully saturated rings. The summed E-state index contributed by atoms with van der Waals surface area (Å²) < 4.78 is 4.76. The van der Waals surface area contributed by atoms with E-state index in [9.17, 15) is 4.79 Å². The van der Waals surface area contributed by atoms with Crippen LogP contribution >= 0.6 is 11.8 Å². The summed E-state index contributed by atoms with van der Waals surface area (Å²) in [6.45, 7) is 4.45. The second kappa shape index (κ2) is 5.95. The van der Waals surface area contributed by atoms with Crippen LogP contribution in [-0.2, 0) is 4.74 Å². The lowest BCUT2D eigenvalue weighted by molar-refractivity contribution is 0.175. The van der Waals surface area contributed by atoms with Gasteiger partial charge in [-0.1, -0.05) is 13.8 Å². The molecule has 0 bridgehead atoms. The van der Waals surface area contributed by atoms with E-state index in [1.807, 2.05) is 13.8 Å². The van der Waals surface area contributed by atoms with E-state index in [0.717, 1.165) is 12.2 Å². The van der Waals surface area contributed by atoms with Crippen LogP contribution in [0.1, 0.15) is 20.3 Å². The third-order valence-corrected chi connectivity index (χ3v) is 1.33. The van der Waals surface area contributed by atoms with Crippen LogP contribution in [0.15, 0.2) is 0 Å². The molecule has 0 N–H and O–H groups in total. The van der Waals surface area contributed by atoms with Crippen molar-refractivity contribution in [2.45, 2.75) is 20.3 Å². The molecule has 0 atom stereocenters. The quantitative estimate of drug-likeness (QED) is 0.574. The second-order valence-corrected chi connectivity index (χ2v) is 2.73. The van der Waals surface area contributed by atoms with Gasteiger partial charge in [-0.15, -0.1) is 0 Å². The van der Waals surface area contributed by atoms with Gasteiger partial charge in [0.05, 0.1) is 6.61 Å². The molecule has 0 aromatic rings. The van der Waals surface area contributed by atoms with Gasteiger partial charge in [0.15, 0.2) is 0 Å². The SMILES string of the molecule is CCCOC(=O)SCC. The van der Waals surface area contributed by atoms with Gasteiger partial charge in [-0.2, -0.15) is 0 Å². The van der Waals surface area contributed by atoms with Crippen LogP contribution < -0.4 is 0 Å². The minimum Gasteiger partial charge on any atom is -0.458 e. The molecule has 0 aromatic carbocycles. The van der Waals surface area contributed by atoms with Crippen LogP contribution in [0, 0.1) is 0 Å². The Morgan fingerprint density at radius 1 is 1.56 bits per heavy atom. The van der Waals surface area contributed by atoms with Crippen molar-refractivity contribution in [2.75, 3.05) is 12.4 Å². The summed E-state index contributed by atoms with van der Waals surface area (Å²) in [5, 5.41) is -0.153. The number of rotatable bonds is 3. The Morgan fingerprint density at radius 2 is 2.22 bits per heavy atom. The first kappa shape index (κ1) is 8.82. The van der Waals surface area contributed by atoms with E-state index in [4.69, 9.17) is 4.74 Å². The maximum Gasteiger partial charge on any atom is 0.367 e. The Kier molecular flexibility index (Phi) is 5.83. The number of carbonyl (C=O) groups is 1. The summed E-state index contributed by atoms with van der Waals surface area (Å²) in [6, 6.07) is 0. The first-order chi connectivity index (χ1) is 4.31. The van der Waals surface area contributed by atoms with Crippen LogP contribution in [-0.4, -0.2) is 17.7 Å². The van der Waals surface area contributed by atoms with Gasteiger partial charge >= 0.3 is 5.30 Å². The summed E-state index contributed by atoms with van der Waals surface area (Å²) in [5.41, 5.74) is 0. The smallest absolute Gasteiger partial charge is 0.367 e. The number of carbonyl (C=O) groups excluding carboxylic acids is 1. The fourth-order valence-electron chi connectivity index (χ4n) is 0.345. The normalized spacial score (nSPS) is 9.11. The van der Waals surface area contributed by atoms with Crippen LogP contribution in [0.25, 0.3) is 0 Å². The lowest BCUT2D eigenvalue weighted by atomic mass is 10.5. The highest BCUT2D eigenvalue weighted by atomic mass is 32.2. The molecule has 0 aliphatic rings. The molecule has 0 heterocycles. The van der Waals surface area contributed by atoms with Crippen molar-refractivity contribution in [3.63, 3.8) is 0 Å². The Bertz CT molecular complexity index is 83.1. The van der Waals surface area contributed by atoms with Crippen molar-refractivity contribution in [3.8, 4) is 0 Å². The van der Waals surface area contributed by atoms with Gasteiger partial charge in [0, 0.05) is 5.75 Å². The number of hydrogen-bond acceptors (Lipinski definition) is 3. The first-order valence-corrected chi connectivity index (χ1v) is 4.09. The number of thioether (sulfide) groups is 1. The molecule has 0 rings (SSSR count). The Balaban J connectivity index is 3.06. The topological polar surface area (TPSA) is 26.3 Å². The van der Waals surface area contributed by atoms with Crippen molar-refractivity contribution in [3.05, 3.63) is 0 Å². The minimum atomic E-state index is -0.153.